The van der Waals surface area contributed by atoms with Gasteiger partial charge in [-0.2, -0.15) is 0 Å². The van der Waals surface area contributed by atoms with Crippen LogP contribution >= 0.6 is 8.92 Å². The molecule has 0 atom stereocenters. The molecular formula is CdGaInS. The first-order chi connectivity index (χ1) is 1.00. The molecule has 0 unspecified atom stereocenters. The van der Waals surface area contributed by atoms with Gasteiger partial charge in [-0.1, -0.05) is 0 Å². The van der Waals surface area contributed by atoms with E-state index in [1.54, 1.807) is 0 Å². The van der Waals surface area contributed by atoms with Crippen molar-refractivity contribution in [1.82, 2.24) is 0 Å². The molecule has 0 aliphatic heterocycles. The molecule has 0 bridgehead atoms. The van der Waals surface area contributed by atoms with Crippen molar-refractivity contribution in [2.24, 2.45) is 0 Å². The van der Waals surface area contributed by atoms with Crippen molar-refractivity contribution >= 4 is 51.1 Å². The van der Waals surface area contributed by atoms with E-state index in [9.17, 15) is 0 Å². The maximum atomic E-state index is 4.21. The first-order valence-electron chi connectivity index (χ1n) is 0.236. The summed E-state index contributed by atoms with van der Waals surface area (Å²) in [4.78, 5) is 0. The molecule has 0 N–H and O–H groups in total. The molecule has 0 rings (SSSR count). The summed E-state index contributed by atoms with van der Waals surface area (Å²) in [7, 11) is 4.21. The molecule has 0 nitrogen and oxygen atoms in total. The van der Waals surface area contributed by atoms with Gasteiger partial charge in [0, 0.05) is 47.1 Å². The number of hydrogen-bond donors (Lipinski definition) is 0. The maximum absolute atomic E-state index is 4.21. The molecule has 0 aliphatic rings. The van der Waals surface area contributed by atoms with Gasteiger partial charge in [-0.25, -0.2) is 0 Å². The van der Waals surface area contributed by atoms with Crippen LogP contribution in [-0.4, -0.2) is 42.1 Å². The first kappa shape index (κ1) is 15.9. The van der Waals surface area contributed by atoms with E-state index >= 15 is 0 Å². The molecule has 0 saturated heterocycles. The molecule has 14 valence electrons. The molecule has 0 saturated carbocycles. The summed E-state index contributed by atoms with van der Waals surface area (Å²) in [5, 5.41) is 0. The Morgan fingerprint density at radius 2 is 1.25 bits per heavy atom. The zero-order chi connectivity index (χ0) is 2.00. The van der Waals surface area contributed by atoms with Crippen LogP contribution in [0.15, 0.2) is 0 Å². The van der Waals surface area contributed by atoms with Crippen molar-refractivity contribution in [3.8, 4) is 0 Å². The molecule has 0 aromatic rings. The summed E-state index contributed by atoms with van der Waals surface area (Å²) in [6.07, 6.45) is 0. The Labute approximate surface area is 76.9 Å². The Hall–Kier alpha value is 2.65. The second-order valence-electron chi connectivity index (χ2n) is 0. The van der Waals surface area contributed by atoms with Crippen LogP contribution in [0.1, 0.15) is 0 Å². The summed E-state index contributed by atoms with van der Waals surface area (Å²) < 4.78 is 0. The molecule has 0 spiro atoms. The summed E-state index contributed by atoms with van der Waals surface area (Å²) in [5.74, 6) is 0. The SMILES string of the molecule is [Cd].[Ga].[S]=[In]. The summed E-state index contributed by atoms with van der Waals surface area (Å²) in [6.45, 7) is 0. The average Bonchev–Trinajstić information content (AvgIpc) is 1.00. The second kappa shape index (κ2) is 17.4. The van der Waals surface area contributed by atoms with Crippen molar-refractivity contribution in [2.75, 3.05) is 0 Å². The van der Waals surface area contributed by atoms with E-state index in [0.29, 0.717) is 0 Å². The van der Waals surface area contributed by atoms with E-state index < -0.39 is 0 Å². The van der Waals surface area contributed by atoms with Crippen LogP contribution < -0.4 is 0 Å². The van der Waals surface area contributed by atoms with E-state index in [4.69, 9.17) is 0 Å². The van der Waals surface area contributed by atoms with Crippen molar-refractivity contribution < 1.29 is 27.3 Å². The van der Waals surface area contributed by atoms with Gasteiger partial charge in [0.2, 0.25) is 0 Å². The van der Waals surface area contributed by atoms with Gasteiger partial charge in [-0.15, -0.1) is 0 Å². The van der Waals surface area contributed by atoms with E-state index in [0.717, 1.165) is 22.4 Å². The summed E-state index contributed by atoms with van der Waals surface area (Å²) in [5.41, 5.74) is 0. The van der Waals surface area contributed by atoms with Gasteiger partial charge in [0.05, 0.1) is 0 Å². The quantitative estimate of drug-likeness (QED) is 0.559. The second-order valence-corrected chi connectivity index (χ2v) is 0. The Morgan fingerprint density at radius 1 is 1.25 bits per heavy atom. The third kappa shape index (κ3) is 8.82. The first-order valence-corrected chi connectivity index (χ1v) is 4.74. The Bertz CT molecular complexity index is 8.00. The van der Waals surface area contributed by atoms with E-state index in [-0.39, 0.29) is 47.1 Å². The molecule has 0 aliphatic carbocycles. The van der Waals surface area contributed by atoms with Crippen LogP contribution in [-0.2, 0) is 27.3 Å². The summed E-state index contributed by atoms with van der Waals surface area (Å²) in [6, 6.07) is 0. The van der Waals surface area contributed by atoms with Crippen LogP contribution in [0.3, 0.4) is 0 Å². The van der Waals surface area contributed by atoms with Crippen molar-refractivity contribution in [2.45, 2.75) is 0 Å². The fourth-order valence-electron chi connectivity index (χ4n) is 0. The fourth-order valence-corrected chi connectivity index (χ4v) is 0. The third-order valence-corrected chi connectivity index (χ3v) is 0. The predicted octanol–water partition coefficient (Wildman–Crippen LogP) is -0.116. The molecule has 4 radical (unpaired) electrons. The van der Waals surface area contributed by atoms with Crippen LogP contribution in [0, 0.1) is 0 Å². The third-order valence-electron chi connectivity index (χ3n) is 0. The number of hydrogen-bond acceptors (Lipinski definition) is 1. The van der Waals surface area contributed by atoms with Gasteiger partial charge < -0.3 is 0 Å². The Kier molecular flexibility index (Phi) is 69.3. The van der Waals surface area contributed by atoms with Crippen molar-refractivity contribution in [3.63, 3.8) is 0 Å². The summed E-state index contributed by atoms with van der Waals surface area (Å²) >= 11 is 0.933. The van der Waals surface area contributed by atoms with Crippen molar-refractivity contribution in [3.05, 3.63) is 0 Å². The monoisotopic (exact) mass is 330 g/mol. The molecule has 0 amide bonds. The van der Waals surface area contributed by atoms with Gasteiger partial charge in [0.25, 0.3) is 0 Å². The van der Waals surface area contributed by atoms with E-state index in [2.05, 4.69) is 8.92 Å². The molecule has 0 heterocycles. The average molecular weight is 329 g/mol. The van der Waals surface area contributed by atoms with Crippen LogP contribution in [0.2, 0.25) is 0 Å². The zero-order valence-corrected chi connectivity index (χ0v) is 12.8. The zero-order valence-electron chi connectivity index (χ0n) is 2.27. The Balaban J connectivity index is -0.00000000500. The normalized spacial score (nSPS) is 0.750. The van der Waals surface area contributed by atoms with Gasteiger partial charge in [-0.3, -0.25) is 0 Å². The van der Waals surface area contributed by atoms with Crippen LogP contribution in [0.25, 0.3) is 0 Å². The van der Waals surface area contributed by atoms with Gasteiger partial charge in [0.15, 0.2) is 0 Å². The van der Waals surface area contributed by atoms with Crippen LogP contribution in [0.5, 0.6) is 0 Å². The van der Waals surface area contributed by atoms with Crippen LogP contribution in [0.4, 0.5) is 0 Å². The topological polar surface area (TPSA) is 0 Å². The van der Waals surface area contributed by atoms with Gasteiger partial charge >= 0.3 is 31.3 Å². The minimum atomic E-state index is 0. The van der Waals surface area contributed by atoms with Crippen molar-refractivity contribution in [1.29, 1.82) is 0 Å². The molecule has 0 aromatic carbocycles. The molecule has 4 heavy (non-hydrogen) atoms. The minimum absolute atomic E-state index is 0. The molecule has 0 fully saturated rings. The predicted molar refractivity (Wildman–Crippen MR) is 19.1 cm³/mol. The fraction of sp³-hybridized carbons (Fsp3) is 0. The Morgan fingerprint density at radius 3 is 1.25 bits per heavy atom. The van der Waals surface area contributed by atoms with E-state index in [1.165, 1.54) is 0 Å². The van der Waals surface area contributed by atoms with Gasteiger partial charge in [0.1, 0.15) is 0 Å². The molecule has 4 heteroatoms. The van der Waals surface area contributed by atoms with E-state index in [1.807, 2.05) is 0 Å². The number of rotatable bonds is 0. The molecular weight excluding hydrogens is 329 g/mol. The van der Waals surface area contributed by atoms with Gasteiger partial charge in [-0.05, 0) is 0 Å². The standard InChI is InChI=1S/Cd.Ga.In.S. The molecule has 0 aromatic heterocycles.